The minimum Gasteiger partial charge on any atom is -0.497 e. The largest absolute Gasteiger partial charge is 0.497 e. The Morgan fingerprint density at radius 2 is 1.89 bits per heavy atom. The number of carbonyl (C=O) groups excluding carboxylic acids is 4. The maximum absolute atomic E-state index is 14.0. The number of fused-ring (bicyclic) bond motifs is 1. The Morgan fingerprint density at radius 1 is 1.17 bits per heavy atom. The number of hydrogen-bond acceptors (Lipinski definition) is 9. The van der Waals surface area contributed by atoms with Crippen molar-refractivity contribution in [3.8, 4) is 11.6 Å². The van der Waals surface area contributed by atoms with Gasteiger partial charge < -0.3 is 25.0 Å². The fourth-order valence-corrected chi connectivity index (χ4v) is 6.64. The van der Waals surface area contributed by atoms with Crippen molar-refractivity contribution in [2.24, 2.45) is 5.92 Å². The van der Waals surface area contributed by atoms with Gasteiger partial charge in [0.25, 0.3) is 5.91 Å². The second kappa shape index (κ2) is 13.9. The van der Waals surface area contributed by atoms with Gasteiger partial charge in [-0.05, 0) is 67.8 Å². The molecule has 0 unspecified atom stereocenters. The topological polar surface area (TPSA) is 173 Å². The summed E-state index contributed by atoms with van der Waals surface area (Å²) < 4.78 is 38.6. The number of sulfonamides is 1. The van der Waals surface area contributed by atoms with Crippen molar-refractivity contribution in [2.45, 2.75) is 75.4 Å². The van der Waals surface area contributed by atoms with Crippen molar-refractivity contribution >= 4 is 44.4 Å². The smallest absolute Gasteiger partial charge is 0.262 e. The van der Waals surface area contributed by atoms with Crippen LogP contribution in [0.15, 0.2) is 55.8 Å². The van der Waals surface area contributed by atoms with E-state index >= 15 is 0 Å². The van der Waals surface area contributed by atoms with E-state index in [4.69, 9.17) is 9.47 Å². The van der Waals surface area contributed by atoms with Gasteiger partial charge in [-0.15, -0.1) is 6.58 Å². The van der Waals surface area contributed by atoms with Gasteiger partial charge in [-0.2, -0.15) is 0 Å². The Morgan fingerprint density at radius 3 is 2.50 bits per heavy atom. The summed E-state index contributed by atoms with van der Waals surface area (Å²) in [6.07, 6.45) is 4.26. The van der Waals surface area contributed by atoms with Crippen LogP contribution in [0.3, 0.4) is 0 Å². The summed E-state index contributed by atoms with van der Waals surface area (Å²) in [6.45, 7) is 12.2. The van der Waals surface area contributed by atoms with Crippen molar-refractivity contribution in [3.05, 3.63) is 55.8 Å². The molecule has 0 bridgehead atoms. The van der Waals surface area contributed by atoms with Crippen LogP contribution in [0.25, 0.3) is 10.8 Å². The lowest BCUT2D eigenvalue weighted by Crippen LogP contribution is -2.61. The van der Waals surface area contributed by atoms with Gasteiger partial charge in [0, 0.05) is 18.0 Å². The van der Waals surface area contributed by atoms with Crippen LogP contribution in [0.1, 0.15) is 46.5 Å². The molecule has 1 aliphatic heterocycles. The number of carbonyl (C=O) groups is 4. The molecule has 2 heterocycles. The van der Waals surface area contributed by atoms with Crippen molar-refractivity contribution in [1.29, 1.82) is 0 Å². The average Bonchev–Trinajstić information content (AvgIpc) is 3.80. The number of nitrogens with zero attached hydrogens (tertiary/aromatic N) is 2. The number of likely N-dealkylation sites (tertiary alicyclic amines) is 1. The second-order valence-electron chi connectivity index (χ2n) is 12.2. The predicted octanol–water partition coefficient (Wildman–Crippen LogP) is 1.98. The van der Waals surface area contributed by atoms with Gasteiger partial charge in [0.15, 0.2) is 0 Å². The summed E-state index contributed by atoms with van der Waals surface area (Å²) in [5.74, 6) is -1.82. The first-order chi connectivity index (χ1) is 21.7. The molecule has 1 saturated heterocycles. The molecule has 0 radical (unpaired) electrons. The van der Waals surface area contributed by atoms with E-state index in [-0.39, 0.29) is 31.2 Å². The fourth-order valence-electron chi connectivity index (χ4n) is 5.24. The number of amides is 4. The van der Waals surface area contributed by atoms with Crippen molar-refractivity contribution in [2.75, 3.05) is 13.7 Å². The van der Waals surface area contributed by atoms with E-state index in [2.05, 4.69) is 28.8 Å². The molecule has 1 saturated carbocycles. The highest BCUT2D eigenvalue weighted by molar-refractivity contribution is 7.91. The molecule has 4 rings (SSSR count). The standard InChI is InChI=1S/C32H41N5O8S/c1-7-27(38)34-25(15-19(3)4)30(40)37-18-22(45-29-24-12-9-21(44-6)16-20(24)13-14-33-29)17-26(37)28(39)35-32(5,8-2)31(41)36-46(42,43)23-10-11-23/h7-9,12-14,16,19,22-23,25-26H,1-2,10-11,15,17-18H2,3-6H3,(H,34,38)(H,35,39)(H,36,41)/t22-,25-,26+,32-/m1/s1. The van der Waals surface area contributed by atoms with Crippen LogP contribution >= 0.6 is 0 Å². The molecule has 46 heavy (non-hydrogen) atoms. The Hall–Kier alpha value is -4.46. The Balaban J connectivity index is 1.63. The molecule has 13 nitrogen and oxygen atoms in total. The van der Waals surface area contributed by atoms with Crippen molar-refractivity contribution in [1.82, 2.24) is 25.2 Å². The Kier molecular flexibility index (Phi) is 10.4. The first kappa shape index (κ1) is 34.4. The molecule has 3 N–H and O–H groups in total. The third-order valence-electron chi connectivity index (χ3n) is 8.03. The zero-order valence-corrected chi connectivity index (χ0v) is 27.3. The van der Waals surface area contributed by atoms with E-state index in [1.807, 2.05) is 24.6 Å². The molecule has 1 aromatic carbocycles. The lowest BCUT2D eigenvalue weighted by atomic mass is 10.00. The van der Waals surface area contributed by atoms with Crippen LogP contribution in [0.2, 0.25) is 0 Å². The van der Waals surface area contributed by atoms with Gasteiger partial charge in [-0.1, -0.05) is 26.5 Å². The van der Waals surface area contributed by atoms with E-state index in [0.717, 1.165) is 17.5 Å². The van der Waals surface area contributed by atoms with Gasteiger partial charge in [0.1, 0.15) is 29.5 Å². The number of aromatic nitrogens is 1. The average molecular weight is 656 g/mol. The molecule has 2 aromatic rings. The molecule has 1 aliphatic carbocycles. The van der Waals surface area contributed by atoms with Gasteiger partial charge in [-0.25, -0.2) is 13.4 Å². The predicted molar refractivity (Wildman–Crippen MR) is 171 cm³/mol. The molecule has 4 amide bonds. The zero-order valence-electron chi connectivity index (χ0n) is 26.4. The first-order valence-electron chi connectivity index (χ1n) is 15.1. The second-order valence-corrected chi connectivity index (χ2v) is 14.1. The Labute approximate surface area is 268 Å². The number of benzene rings is 1. The maximum atomic E-state index is 14.0. The number of rotatable bonds is 14. The van der Waals surface area contributed by atoms with E-state index in [1.54, 1.807) is 31.5 Å². The molecule has 4 atom stereocenters. The highest BCUT2D eigenvalue weighted by Crippen LogP contribution is 2.31. The monoisotopic (exact) mass is 655 g/mol. The van der Waals surface area contributed by atoms with Gasteiger partial charge >= 0.3 is 0 Å². The number of methoxy groups -OCH3 is 1. The quantitative estimate of drug-likeness (QED) is 0.203. The summed E-state index contributed by atoms with van der Waals surface area (Å²) in [7, 11) is -2.35. The Bertz CT molecular complexity index is 1640. The fraction of sp³-hybridized carbons (Fsp3) is 0.469. The molecular formula is C32H41N5O8S. The first-order valence-corrected chi connectivity index (χ1v) is 16.6. The van der Waals surface area contributed by atoms with Crippen molar-refractivity contribution < 1.29 is 37.1 Å². The summed E-state index contributed by atoms with van der Waals surface area (Å²) >= 11 is 0. The maximum Gasteiger partial charge on any atom is 0.262 e. The molecule has 0 spiro atoms. The van der Waals surface area contributed by atoms with Crippen LogP contribution in [-0.4, -0.2) is 84.6 Å². The van der Waals surface area contributed by atoms with Crippen molar-refractivity contribution in [3.63, 3.8) is 0 Å². The lowest BCUT2D eigenvalue weighted by molar-refractivity contribution is -0.142. The lowest BCUT2D eigenvalue weighted by Gasteiger charge is -2.32. The number of nitrogens with one attached hydrogen (secondary N) is 3. The van der Waals surface area contributed by atoms with Crippen LogP contribution in [-0.2, 0) is 29.2 Å². The minimum atomic E-state index is -3.91. The molecule has 14 heteroatoms. The van der Waals surface area contributed by atoms with Gasteiger partial charge in [0.2, 0.25) is 33.6 Å². The molecule has 2 aliphatic rings. The normalized spacial score (nSPS) is 19.9. The van der Waals surface area contributed by atoms with E-state index < -0.39 is 62.6 Å². The number of ether oxygens (including phenoxy) is 2. The summed E-state index contributed by atoms with van der Waals surface area (Å²) in [5.41, 5.74) is -1.82. The number of hydrogen-bond donors (Lipinski definition) is 3. The van der Waals surface area contributed by atoms with Crippen LogP contribution in [0.5, 0.6) is 11.6 Å². The summed E-state index contributed by atoms with van der Waals surface area (Å²) in [5, 5.41) is 6.10. The highest BCUT2D eigenvalue weighted by Gasteiger charge is 2.46. The molecule has 1 aromatic heterocycles. The van der Waals surface area contributed by atoms with Crippen LogP contribution in [0.4, 0.5) is 0 Å². The zero-order chi connectivity index (χ0) is 33.8. The number of pyridine rings is 1. The van der Waals surface area contributed by atoms with E-state index in [1.165, 1.54) is 11.8 Å². The molecule has 248 valence electrons. The third kappa shape index (κ3) is 7.84. The third-order valence-corrected chi connectivity index (χ3v) is 9.85. The summed E-state index contributed by atoms with van der Waals surface area (Å²) in [4.78, 5) is 58.9. The van der Waals surface area contributed by atoms with E-state index in [9.17, 15) is 27.6 Å². The SMILES string of the molecule is C=CC(=O)N[C@H](CC(C)C)C(=O)N1C[C@H](Oc2nccc3cc(OC)ccc23)C[C@H]1C(=O)N[C@](C)(C=C)C(=O)NS(=O)(=O)C1CC1. The minimum absolute atomic E-state index is 0.0130. The molecular weight excluding hydrogens is 614 g/mol. The van der Waals surface area contributed by atoms with Gasteiger partial charge in [-0.3, -0.25) is 23.9 Å². The van der Waals surface area contributed by atoms with E-state index in [0.29, 0.717) is 24.0 Å². The van der Waals surface area contributed by atoms with Gasteiger partial charge in [0.05, 0.1) is 18.9 Å². The highest BCUT2D eigenvalue weighted by atomic mass is 32.2. The van der Waals surface area contributed by atoms with Crippen LogP contribution < -0.4 is 24.8 Å². The molecule has 2 fully saturated rings. The van der Waals surface area contributed by atoms with Crippen LogP contribution in [0, 0.1) is 5.92 Å². The summed E-state index contributed by atoms with van der Waals surface area (Å²) in [6, 6.07) is 5.07.